The van der Waals surface area contributed by atoms with Crippen molar-refractivity contribution in [1.29, 1.82) is 0 Å². The zero-order chi connectivity index (χ0) is 20.9. The van der Waals surface area contributed by atoms with Crippen LogP contribution in [0.2, 0.25) is 5.02 Å². The average Bonchev–Trinajstić information content (AvgIpc) is 3.45. The number of aromatic nitrogens is 3. The number of nitrogens with one attached hydrogen (secondary N) is 1. The van der Waals surface area contributed by atoms with E-state index in [0.29, 0.717) is 10.2 Å². The van der Waals surface area contributed by atoms with E-state index in [9.17, 15) is 4.79 Å². The SMILES string of the molecule is Cc1ccc(-n2cnnc2SCC(=O)NC(c2ccccc2)c2cccs2)cc1Cl. The summed E-state index contributed by atoms with van der Waals surface area (Å²) in [6.45, 7) is 1.95. The second-order valence-electron chi connectivity index (χ2n) is 6.63. The molecule has 30 heavy (non-hydrogen) atoms. The highest BCUT2D eigenvalue weighted by molar-refractivity contribution is 7.99. The van der Waals surface area contributed by atoms with E-state index in [0.717, 1.165) is 21.7 Å². The maximum Gasteiger partial charge on any atom is 0.231 e. The minimum Gasteiger partial charge on any atom is -0.344 e. The summed E-state index contributed by atoms with van der Waals surface area (Å²) in [6, 6.07) is 19.6. The van der Waals surface area contributed by atoms with Crippen molar-refractivity contribution in [2.24, 2.45) is 0 Å². The fraction of sp³-hybridized carbons (Fsp3) is 0.136. The second-order valence-corrected chi connectivity index (χ2v) is 8.96. The van der Waals surface area contributed by atoms with Gasteiger partial charge in [0.25, 0.3) is 0 Å². The lowest BCUT2D eigenvalue weighted by Crippen LogP contribution is -2.30. The van der Waals surface area contributed by atoms with E-state index in [2.05, 4.69) is 15.5 Å². The first-order chi connectivity index (χ1) is 14.6. The van der Waals surface area contributed by atoms with Crippen molar-refractivity contribution in [3.8, 4) is 5.69 Å². The zero-order valence-electron chi connectivity index (χ0n) is 16.2. The number of halogens is 1. The molecule has 0 radical (unpaired) electrons. The van der Waals surface area contributed by atoms with Gasteiger partial charge in [0.2, 0.25) is 5.91 Å². The Morgan fingerprint density at radius 3 is 2.77 bits per heavy atom. The largest absolute Gasteiger partial charge is 0.344 e. The molecule has 5 nitrogen and oxygen atoms in total. The molecule has 0 aliphatic heterocycles. The number of hydrogen-bond donors (Lipinski definition) is 1. The maximum atomic E-state index is 12.8. The lowest BCUT2D eigenvalue weighted by atomic mass is 10.1. The molecule has 0 fully saturated rings. The number of hydrogen-bond acceptors (Lipinski definition) is 5. The smallest absolute Gasteiger partial charge is 0.231 e. The van der Waals surface area contributed by atoms with Crippen LogP contribution < -0.4 is 5.32 Å². The minimum atomic E-state index is -0.173. The molecule has 0 saturated carbocycles. The Morgan fingerprint density at radius 1 is 1.20 bits per heavy atom. The van der Waals surface area contributed by atoms with Gasteiger partial charge in [-0.1, -0.05) is 65.8 Å². The number of aryl methyl sites for hydroxylation is 1. The molecule has 152 valence electrons. The van der Waals surface area contributed by atoms with Crippen LogP contribution in [0.15, 0.2) is 77.5 Å². The van der Waals surface area contributed by atoms with Crippen molar-refractivity contribution < 1.29 is 4.79 Å². The third-order valence-corrected chi connectivity index (χ3v) is 6.84. The number of carbonyl (C=O) groups is 1. The molecule has 2 aromatic heterocycles. The van der Waals surface area contributed by atoms with Crippen LogP contribution in [0, 0.1) is 6.92 Å². The van der Waals surface area contributed by atoms with Crippen molar-refractivity contribution in [2.45, 2.75) is 18.1 Å². The number of benzene rings is 2. The highest BCUT2D eigenvalue weighted by Gasteiger charge is 2.18. The number of nitrogens with zero attached hydrogens (tertiary/aromatic N) is 3. The number of thiophene rings is 1. The normalized spacial score (nSPS) is 11.9. The van der Waals surface area contributed by atoms with Gasteiger partial charge in [0.1, 0.15) is 6.33 Å². The molecule has 0 bridgehead atoms. The van der Waals surface area contributed by atoms with Gasteiger partial charge in [-0.15, -0.1) is 21.5 Å². The fourth-order valence-electron chi connectivity index (χ4n) is 2.98. The van der Waals surface area contributed by atoms with Crippen molar-refractivity contribution >= 4 is 40.6 Å². The summed E-state index contributed by atoms with van der Waals surface area (Å²) < 4.78 is 1.83. The van der Waals surface area contributed by atoms with Gasteiger partial charge in [0.15, 0.2) is 5.16 Å². The van der Waals surface area contributed by atoms with Crippen molar-refractivity contribution in [1.82, 2.24) is 20.1 Å². The molecule has 0 aliphatic rings. The summed E-state index contributed by atoms with van der Waals surface area (Å²) in [5, 5.41) is 14.6. The summed E-state index contributed by atoms with van der Waals surface area (Å²) >= 11 is 9.22. The predicted molar refractivity (Wildman–Crippen MR) is 123 cm³/mol. The third kappa shape index (κ3) is 4.75. The molecule has 1 amide bonds. The molecule has 8 heteroatoms. The monoisotopic (exact) mass is 454 g/mol. The summed E-state index contributed by atoms with van der Waals surface area (Å²) in [6.07, 6.45) is 1.62. The van der Waals surface area contributed by atoms with Crippen molar-refractivity contribution in [2.75, 3.05) is 5.75 Å². The van der Waals surface area contributed by atoms with Crippen LogP contribution in [-0.2, 0) is 4.79 Å². The van der Waals surface area contributed by atoms with Gasteiger partial charge in [-0.05, 0) is 41.6 Å². The Kier molecular flexibility index (Phi) is 6.52. The zero-order valence-corrected chi connectivity index (χ0v) is 18.5. The van der Waals surface area contributed by atoms with E-state index >= 15 is 0 Å². The summed E-state index contributed by atoms with van der Waals surface area (Å²) in [5.74, 6) is 0.159. The Hall–Kier alpha value is -2.61. The van der Waals surface area contributed by atoms with E-state index in [1.807, 2.05) is 77.5 Å². The molecule has 4 rings (SSSR count). The lowest BCUT2D eigenvalue weighted by molar-refractivity contribution is -0.119. The van der Waals surface area contributed by atoms with Crippen molar-refractivity contribution in [3.63, 3.8) is 0 Å². The van der Waals surface area contributed by atoms with Crippen LogP contribution in [0.4, 0.5) is 0 Å². The van der Waals surface area contributed by atoms with E-state index < -0.39 is 0 Å². The van der Waals surface area contributed by atoms with Gasteiger partial charge in [-0.25, -0.2) is 0 Å². The van der Waals surface area contributed by atoms with Crippen LogP contribution in [0.25, 0.3) is 5.69 Å². The summed E-state index contributed by atoms with van der Waals surface area (Å²) in [4.78, 5) is 13.9. The molecule has 0 spiro atoms. The van der Waals surface area contributed by atoms with Gasteiger partial charge in [-0.2, -0.15) is 0 Å². The highest BCUT2D eigenvalue weighted by atomic mass is 35.5. The van der Waals surface area contributed by atoms with Gasteiger partial charge in [0, 0.05) is 9.90 Å². The molecular formula is C22H19ClN4OS2. The molecule has 0 saturated heterocycles. The van der Waals surface area contributed by atoms with Gasteiger partial charge in [0.05, 0.1) is 17.5 Å². The number of rotatable bonds is 7. The minimum absolute atomic E-state index is 0.0706. The third-order valence-electron chi connectivity index (χ3n) is 4.55. The van der Waals surface area contributed by atoms with E-state index in [1.54, 1.807) is 17.7 Å². The first-order valence-corrected chi connectivity index (χ1v) is 11.5. The quantitative estimate of drug-likeness (QED) is 0.385. The molecule has 2 aromatic carbocycles. The molecular weight excluding hydrogens is 436 g/mol. The standard InChI is InChI=1S/C22H19ClN4OS2/c1-15-9-10-17(12-18(15)23)27-14-24-26-22(27)30-13-20(28)25-21(19-8-5-11-29-19)16-6-3-2-4-7-16/h2-12,14,21H,13H2,1H3,(H,25,28). The van der Waals surface area contributed by atoms with Crippen LogP contribution in [0.3, 0.4) is 0 Å². The Labute approximate surface area is 188 Å². The summed E-state index contributed by atoms with van der Waals surface area (Å²) in [7, 11) is 0. The van der Waals surface area contributed by atoms with E-state index in [4.69, 9.17) is 11.6 Å². The highest BCUT2D eigenvalue weighted by Crippen LogP contribution is 2.27. The number of thioether (sulfide) groups is 1. The topological polar surface area (TPSA) is 59.8 Å². The van der Waals surface area contributed by atoms with Crippen molar-refractivity contribution in [3.05, 3.63) is 93.4 Å². The Bertz CT molecular complexity index is 1130. The van der Waals surface area contributed by atoms with Crippen LogP contribution in [0.1, 0.15) is 22.0 Å². The van der Waals surface area contributed by atoms with E-state index in [-0.39, 0.29) is 17.7 Å². The fourth-order valence-corrected chi connectivity index (χ4v) is 4.70. The molecule has 0 aliphatic carbocycles. The maximum absolute atomic E-state index is 12.8. The van der Waals surface area contributed by atoms with Crippen LogP contribution in [0.5, 0.6) is 0 Å². The van der Waals surface area contributed by atoms with E-state index in [1.165, 1.54) is 11.8 Å². The second kappa shape index (κ2) is 9.47. The van der Waals surface area contributed by atoms with Crippen LogP contribution in [-0.4, -0.2) is 26.4 Å². The van der Waals surface area contributed by atoms with Crippen LogP contribution >= 0.6 is 34.7 Å². The Balaban J connectivity index is 1.46. The first kappa shape index (κ1) is 20.7. The van der Waals surface area contributed by atoms with Gasteiger partial charge in [-0.3, -0.25) is 9.36 Å². The average molecular weight is 455 g/mol. The lowest BCUT2D eigenvalue weighted by Gasteiger charge is -2.18. The summed E-state index contributed by atoms with van der Waals surface area (Å²) in [5.41, 5.74) is 2.91. The molecule has 2 heterocycles. The molecule has 1 unspecified atom stereocenters. The van der Waals surface area contributed by atoms with Gasteiger partial charge >= 0.3 is 0 Å². The molecule has 1 N–H and O–H groups in total. The molecule has 4 aromatic rings. The first-order valence-electron chi connectivity index (χ1n) is 9.29. The predicted octanol–water partition coefficient (Wildman–Crippen LogP) is 5.29. The number of amides is 1. The Morgan fingerprint density at radius 2 is 2.03 bits per heavy atom. The van der Waals surface area contributed by atoms with Gasteiger partial charge < -0.3 is 5.32 Å². The molecule has 1 atom stereocenters. The number of carbonyl (C=O) groups excluding carboxylic acids is 1.